The Morgan fingerprint density at radius 2 is 2.10 bits per heavy atom. The lowest BCUT2D eigenvalue weighted by atomic mass is 9.98. The third-order valence-corrected chi connectivity index (χ3v) is 5.64. The minimum Gasteiger partial charge on any atom is -0.326 e. The summed E-state index contributed by atoms with van der Waals surface area (Å²) in [5.74, 6) is 0. The van der Waals surface area contributed by atoms with E-state index in [9.17, 15) is 0 Å². The van der Waals surface area contributed by atoms with Crippen molar-refractivity contribution < 1.29 is 0 Å². The van der Waals surface area contributed by atoms with Crippen molar-refractivity contribution in [1.29, 1.82) is 0 Å². The molecular weight excluding hydrogens is 278 g/mol. The lowest BCUT2D eigenvalue weighted by Gasteiger charge is -2.32. The third kappa shape index (κ3) is 3.29. The normalized spacial score (nSPS) is 23.3. The van der Waals surface area contributed by atoms with Crippen LogP contribution in [-0.2, 0) is 6.42 Å². The van der Waals surface area contributed by atoms with Crippen molar-refractivity contribution in [1.82, 2.24) is 9.80 Å². The van der Waals surface area contributed by atoms with Gasteiger partial charge in [0.1, 0.15) is 0 Å². The molecule has 0 spiro atoms. The molecular formula is C17H25N3S. The van der Waals surface area contributed by atoms with Crippen LogP contribution in [0.5, 0.6) is 0 Å². The van der Waals surface area contributed by atoms with Crippen molar-refractivity contribution in [2.45, 2.75) is 24.9 Å². The van der Waals surface area contributed by atoms with Crippen LogP contribution in [0, 0.1) is 0 Å². The van der Waals surface area contributed by atoms with Crippen molar-refractivity contribution >= 4 is 21.4 Å². The minimum absolute atomic E-state index is 0.188. The van der Waals surface area contributed by atoms with Crippen molar-refractivity contribution in [2.24, 2.45) is 5.73 Å². The molecule has 0 radical (unpaired) electrons. The number of nitrogens with zero attached hydrogens (tertiary/aromatic N) is 2. The number of hydrogen-bond donors (Lipinski definition) is 1. The molecule has 1 fully saturated rings. The first kappa shape index (κ1) is 15.0. The number of fused-ring (bicyclic) bond motifs is 1. The quantitative estimate of drug-likeness (QED) is 0.945. The molecule has 0 saturated carbocycles. The zero-order valence-corrected chi connectivity index (χ0v) is 13.8. The Labute approximate surface area is 131 Å². The minimum atomic E-state index is 0.188. The summed E-state index contributed by atoms with van der Waals surface area (Å²) in [5, 5.41) is 3.66. The Balaban J connectivity index is 1.77. The van der Waals surface area contributed by atoms with Gasteiger partial charge in [0.15, 0.2) is 0 Å². The Hall–Kier alpha value is -0.940. The van der Waals surface area contributed by atoms with Gasteiger partial charge < -0.3 is 15.5 Å². The van der Waals surface area contributed by atoms with E-state index in [1.807, 2.05) is 11.3 Å². The number of benzene rings is 1. The van der Waals surface area contributed by atoms with E-state index in [-0.39, 0.29) is 6.04 Å². The highest BCUT2D eigenvalue weighted by atomic mass is 32.1. The predicted octanol–water partition coefficient (Wildman–Crippen LogP) is 2.41. The van der Waals surface area contributed by atoms with Gasteiger partial charge in [-0.2, -0.15) is 0 Å². The Bertz CT molecular complexity index is 594. The molecule has 0 bridgehead atoms. The molecule has 2 unspecified atom stereocenters. The molecule has 2 atom stereocenters. The lowest BCUT2D eigenvalue weighted by molar-refractivity contribution is 0.195. The number of likely N-dealkylation sites (N-methyl/N-ethyl adjacent to an activating group) is 2. The van der Waals surface area contributed by atoms with Gasteiger partial charge in [-0.05, 0) is 62.4 Å². The van der Waals surface area contributed by atoms with Crippen LogP contribution in [0.25, 0.3) is 10.1 Å². The van der Waals surface area contributed by atoms with Gasteiger partial charge in [0, 0.05) is 23.3 Å². The van der Waals surface area contributed by atoms with Gasteiger partial charge in [-0.25, -0.2) is 0 Å². The number of hydrogen-bond acceptors (Lipinski definition) is 4. The standard InChI is InChI=1S/C17H25N3S/c1-19-8-5-9-20(2)16(11-19)15(18)10-13-12-21-17-7-4-3-6-14(13)17/h3-4,6-7,12,15-16H,5,8-11,18H2,1-2H3. The first-order chi connectivity index (χ1) is 10.1. The SMILES string of the molecule is CN1CCCN(C)C(C(N)Cc2csc3ccccc23)C1. The molecule has 114 valence electrons. The van der Waals surface area contributed by atoms with E-state index in [1.54, 1.807) is 0 Å². The maximum Gasteiger partial charge on any atom is 0.0374 e. The van der Waals surface area contributed by atoms with Gasteiger partial charge in [-0.15, -0.1) is 11.3 Å². The summed E-state index contributed by atoms with van der Waals surface area (Å²) >= 11 is 1.83. The van der Waals surface area contributed by atoms with E-state index in [0.29, 0.717) is 6.04 Å². The average Bonchev–Trinajstić information content (AvgIpc) is 2.79. The molecule has 1 aliphatic heterocycles. The van der Waals surface area contributed by atoms with Crippen molar-refractivity contribution in [3.05, 3.63) is 35.2 Å². The smallest absolute Gasteiger partial charge is 0.0374 e. The highest BCUT2D eigenvalue weighted by Gasteiger charge is 2.26. The zero-order chi connectivity index (χ0) is 14.8. The van der Waals surface area contributed by atoms with Crippen LogP contribution >= 0.6 is 11.3 Å². The van der Waals surface area contributed by atoms with Gasteiger partial charge in [0.05, 0.1) is 0 Å². The molecule has 1 aromatic carbocycles. The van der Waals surface area contributed by atoms with Crippen LogP contribution in [0.3, 0.4) is 0 Å². The van der Waals surface area contributed by atoms with Crippen LogP contribution in [0.4, 0.5) is 0 Å². The number of nitrogens with two attached hydrogens (primary N) is 1. The highest BCUT2D eigenvalue weighted by Crippen LogP contribution is 2.27. The lowest BCUT2D eigenvalue weighted by Crippen LogP contribution is -2.51. The van der Waals surface area contributed by atoms with E-state index in [0.717, 1.165) is 19.5 Å². The Morgan fingerprint density at radius 1 is 1.29 bits per heavy atom. The average molecular weight is 303 g/mol. The van der Waals surface area contributed by atoms with E-state index in [4.69, 9.17) is 5.73 Å². The second-order valence-electron chi connectivity index (χ2n) is 6.29. The molecule has 0 aliphatic carbocycles. The molecule has 3 nitrogen and oxygen atoms in total. The monoisotopic (exact) mass is 303 g/mol. The predicted molar refractivity (Wildman–Crippen MR) is 92.0 cm³/mol. The van der Waals surface area contributed by atoms with Crippen LogP contribution in [0.1, 0.15) is 12.0 Å². The van der Waals surface area contributed by atoms with Gasteiger partial charge in [-0.1, -0.05) is 18.2 Å². The van der Waals surface area contributed by atoms with Crippen molar-refractivity contribution in [3.63, 3.8) is 0 Å². The van der Waals surface area contributed by atoms with E-state index >= 15 is 0 Å². The van der Waals surface area contributed by atoms with Gasteiger partial charge >= 0.3 is 0 Å². The first-order valence-corrected chi connectivity index (χ1v) is 8.62. The molecule has 0 amide bonds. The summed E-state index contributed by atoms with van der Waals surface area (Å²) in [6.07, 6.45) is 2.20. The molecule has 2 N–H and O–H groups in total. The van der Waals surface area contributed by atoms with Gasteiger partial charge in [0.2, 0.25) is 0 Å². The maximum absolute atomic E-state index is 6.59. The van der Waals surface area contributed by atoms with Crippen LogP contribution in [-0.4, -0.2) is 55.6 Å². The summed E-state index contributed by atoms with van der Waals surface area (Å²) in [5.41, 5.74) is 7.99. The fourth-order valence-electron chi connectivity index (χ4n) is 3.35. The first-order valence-electron chi connectivity index (χ1n) is 7.74. The molecule has 1 aromatic heterocycles. The van der Waals surface area contributed by atoms with Crippen molar-refractivity contribution in [3.8, 4) is 0 Å². The summed E-state index contributed by atoms with van der Waals surface area (Å²) in [7, 11) is 4.42. The van der Waals surface area contributed by atoms with Crippen LogP contribution in [0.15, 0.2) is 29.6 Å². The number of thiophene rings is 1. The van der Waals surface area contributed by atoms with Gasteiger partial charge in [0.25, 0.3) is 0 Å². The second-order valence-corrected chi connectivity index (χ2v) is 7.20. The fraction of sp³-hybridized carbons (Fsp3) is 0.529. The highest BCUT2D eigenvalue weighted by molar-refractivity contribution is 7.17. The van der Waals surface area contributed by atoms with Gasteiger partial charge in [-0.3, -0.25) is 0 Å². The summed E-state index contributed by atoms with van der Waals surface area (Å²) in [4.78, 5) is 4.86. The van der Waals surface area contributed by atoms with Crippen LogP contribution in [0.2, 0.25) is 0 Å². The largest absolute Gasteiger partial charge is 0.326 e. The zero-order valence-electron chi connectivity index (χ0n) is 13.0. The topological polar surface area (TPSA) is 32.5 Å². The fourth-order valence-corrected chi connectivity index (χ4v) is 4.32. The molecule has 4 heteroatoms. The second kappa shape index (κ2) is 6.44. The molecule has 21 heavy (non-hydrogen) atoms. The maximum atomic E-state index is 6.59. The summed E-state index contributed by atoms with van der Waals surface area (Å²) < 4.78 is 1.37. The third-order valence-electron chi connectivity index (χ3n) is 4.63. The van der Waals surface area contributed by atoms with Crippen LogP contribution < -0.4 is 5.73 Å². The molecule has 2 heterocycles. The molecule has 1 aliphatic rings. The molecule has 2 aromatic rings. The summed E-state index contributed by atoms with van der Waals surface area (Å²) in [6, 6.07) is 9.27. The van der Waals surface area contributed by atoms with E-state index in [1.165, 1.54) is 28.6 Å². The summed E-state index contributed by atoms with van der Waals surface area (Å²) in [6.45, 7) is 3.39. The van der Waals surface area contributed by atoms with E-state index < -0.39 is 0 Å². The number of rotatable bonds is 3. The van der Waals surface area contributed by atoms with Crippen molar-refractivity contribution in [2.75, 3.05) is 33.7 Å². The Kier molecular flexibility index (Phi) is 4.60. The molecule has 3 rings (SSSR count). The Morgan fingerprint density at radius 3 is 2.95 bits per heavy atom. The molecule has 1 saturated heterocycles. The van der Waals surface area contributed by atoms with E-state index in [2.05, 4.69) is 53.5 Å².